The highest BCUT2D eigenvalue weighted by Gasteiger charge is 2.15. The second-order valence-corrected chi connectivity index (χ2v) is 5.10. The highest BCUT2D eigenvalue weighted by Crippen LogP contribution is 2.33. The molecule has 2 heterocycles. The molecule has 6 heteroatoms. The summed E-state index contributed by atoms with van der Waals surface area (Å²) in [5, 5.41) is 0. The summed E-state index contributed by atoms with van der Waals surface area (Å²) in [6.45, 7) is 0. The van der Waals surface area contributed by atoms with Gasteiger partial charge in [-0.3, -0.25) is 0 Å². The van der Waals surface area contributed by atoms with Gasteiger partial charge in [-0.2, -0.15) is 0 Å². The van der Waals surface area contributed by atoms with E-state index in [-0.39, 0.29) is 11.9 Å². The first-order valence-electron chi connectivity index (χ1n) is 4.35. The van der Waals surface area contributed by atoms with Crippen molar-refractivity contribution in [1.82, 2.24) is 0 Å². The summed E-state index contributed by atoms with van der Waals surface area (Å²) in [5.74, 6) is -0.707. The van der Waals surface area contributed by atoms with E-state index in [2.05, 4.69) is 9.47 Å². The molecule has 0 aliphatic rings. The van der Waals surface area contributed by atoms with Crippen LogP contribution in [0.25, 0.3) is 9.40 Å². The molecule has 0 aliphatic heterocycles. The average molecular weight is 256 g/mol. The van der Waals surface area contributed by atoms with Gasteiger partial charge in [0.1, 0.15) is 9.75 Å². The number of carbonyl (C=O) groups is 2. The Labute approximate surface area is 99.4 Å². The van der Waals surface area contributed by atoms with Gasteiger partial charge in [0.05, 0.1) is 14.2 Å². The van der Waals surface area contributed by atoms with Crippen LogP contribution in [0, 0.1) is 0 Å². The van der Waals surface area contributed by atoms with Crippen LogP contribution in [-0.2, 0) is 9.47 Å². The minimum atomic E-state index is -0.354. The summed E-state index contributed by atoms with van der Waals surface area (Å²) >= 11 is 2.61. The number of esters is 2. The average Bonchev–Trinajstić information content (AvgIpc) is 2.84. The molecule has 0 amide bonds. The summed E-state index contributed by atoms with van der Waals surface area (Å²) in [7, 11) is 2.69. The summed E-state index contributed by atoms with van der Waals surface area (Å²) in [6.07, 6.45) is 0. The van der Waals surface area contributed by atoms with Crippen LogP contribution >= 0.6 is 22.7 Å². The molecule has 0 atom stereocenters. The van der Waals surface area contributed by atoms with Gasteiger partial charge in [-0.15, -0.1) is 22.7 Å². The third kappa shape index (κ3) is 1.81. The van der Waals surface area contributed by atoms with Crippen LogP contribution in [0.3, 0.4) is 0 Å². The molecule has 0 spiro atoms. The number of hydrogen-bond acceptors (Lipinski definition) is 6. The van der Waals surface area contributed by atoms with Gasteiger partial charge < -0.3 is 9.47 Å². The molecule has 16 heavy (non-hydrogen) atoms. The van der Waals surface area contributed by atoms with E-state index in [4.69, 9.17) is 0 Å². The van der Waals surface area contributed by atoms with Gasteiger partial charge in [-0.1, -0.05) is 0 Å². The molecule has 0 unspecified atom stereocenters. The monoisotopic (exact) mass is 256 g/mol. The van der Waals surface area contributed by atoms with Crippen LogP contribution in [0.15, 0.2) is 12.1 Å². The lowest BCUT2D eigenvalue weighted by Crippen LogP contribution is -1.97. The Morgan fingerprint density at radius 3 is 1.62 bits per heavy atom. The van der Waals surface area contributed by atoms with Crippen LogP contribution in [0.4, 0.5) is 0 Å². The lowest BCUT2D eigenvalue weighted by molar-refractivity contribution is 0.0598. The van der Waals surface area contributed by atoms with Crippen molar-refractivity contribution in [2.45, 2.75) is 0 Å². The number of fused-ring (bicyclic) bond motifs is 1. The number of carbonyl (C=O) groups excluding carboxylic acids is 2. The Kier molecular flexibility index (Phi) is 2.93. The van der Waals surface area contributed by atoms with Crippen LogP contribution < -0.4 is 0 Å². The molecule has 84 valence electrons. The molecular weight excluding hydrogens is 248 g/mol. The maximum Gasteiger partial charge on any atom is 0.348 e. The second kappa shape index (κ2) is 4.23. The quantitative estimate of drug-likeness (QED) is 0.775. The van der Waals surface area contributed by atoms with E-state index >= 15 is 0 Å². The van der Waals surface area contributed by atoms with Gasteiger partial charge >= 0.3 is 11.9 Å². The fourth-order valence-electron chi connectivity index (χ4n) is 1.24. The lowest BCUT2D eigenvalue weighted by atomic mass is 10.4. The molecule has 0 fully saturated rings. The standard InChI is InChI=1S/C10H8O4S2/c1-13-9(11)7-3-5-6(15-7)4-8(16-5)10(12)14-2/h3-4H,1-2H3. The SMILES string of the molecule is COC(=O)c1cc2sc(C(=O)OC)cc2s1. The maximum absolute atomic E-state index is 11.3. The van der Waals surface area contributed by atoms with E-state index in [1.807, 2.05) is 0 Å². The Morgan fingerprint density at radius 2 is 1.31 bits per heavy atom. The van der Waals surface area contributed by atoms with Crippen LogP contribution in [-0.4, -0.2) is 26.2 Å². The predicted molar refractivity (Wildman–Crippen MR) is 62.4 cm³/mol. The van der Waals surface area contributed by atoms with Crippen LogP contribution in [0.2, 0.25) is 0 Å². The zero-order valence-electron chi connectivity index (χ0n) is 8.60. The van der Waals surface area contributed by atoms with Crippen molar-refractivity contribution in [2.24, 2.45) is 0 Å². The third-order valence-electron chi connectivity index (χ3n) is 1.98. The summed E-state index contributed by atoms with van der Waals surface area (Å²) in [5.41, 5.74) is 0. The first-order valence-corrected chi connectivity index (χ1v) is 5.99. The maximum atomic E-state index is 11.3. The topological polar surface area (TPSA) is 52.6 Å². The molecule has 2 aromatic rings. The smallest absolute Gasteiger partial charge is 0.348 e. The normalized spacial score (nSPS) is 10.4. The fourth-order valence-corrected chi connectivity index (χ4v) is 3.47. The predicted octanol–water partition coefficient (Wildman–Crippen LogP) is 2.54. The van der Waals surface area contributed by atoms with Gasteiger partial charge in [-0.05, 0) is 12.1 Å². The minimum Gasteiger partial charge on any atom is -0.465 e. The zero-order valence-corrected chi connectivity index (χ0v) is 10.2. The first kappa shape index (κ1) is 11.1. The van der Waals surface area contributed by atoms with Crippen molar-refractivity contribution in [3.8, 4) is 0 Å². The molecule has 0 saturated heterocycles. The van der Waals surface area contributed by atoms with Crippen molar-refractivity contribution < 1.29 is 19.1 Å². The number of hydrogen-bond donors (Lipinski definition) is 0. The number of thiophene rings is 2. The number of rotatable bonds is 2. The lowest BCUT2D eigenvalue weighted by Gasteiger charge is -1.92. The number of ether oxygens (including phenoxy) is 2. The largest absolute Gasteiger partial charge is 0.465 e. The molecule has 0 N–H and O–H groups in total. The molecule has 4 nitrogen and oxygen atoms in total. The summed E-state index contributed by atoms with van der Waals surface area (Å²) in [6, 6.07) is 3.45. The molecule has 0 aromatic carbocycles. The van der Waals surface area contributed by atoms with Gasteiger partial charge in [0, 0.05) is 9.40 Å². The van der Waals surface area contributed by atoms with Crippen molar-refractivity contribution >= 4 is 44.0 Å². The summed E-state index contributed by atoms with van der Waals surface area (Å²) in [4.78, 5) is 23.6. The van der Waals surface area contributed by atoms with E-state index in [9.17, 15) is 9.59 Å². The molecular formula is C10H8O4S2. The Hall–Kier alpha value is -1.40. The second-order valence-electron chi connectivity index (χ2n) is 2.93. The minimum absolute atomic E-state index is 0.354. The van der Waals surface area contributed by atoms with Crippen LogP contribution in [0.5, 0.6) is 0 Å². The highest BCUT2D eigenvalue weighted by atomic mass is 32.1. The van der Waals surface area contributed by atoms with E-state index < -0.39 is 0 Å². The zero-order chi connectivity index (χ0) is 11.7. The van der Waals surface area contributed by atoms with Crippen molar-refractivity contribution in [3.05, 3.63) is 21.9 Å². The van der Waals surface area contributed by atoms with Gasteiger partial charge in [0.2, 0.25) is 0 Å². The molecule has 0 radical (unpaired) electrons. The fraction of sp³-hybridized carbons (Fsp3) is 0.200. The van der Waals surface area contributed by atoms with Crippen molar-refractivity contribution in [3.63, 3.8) is 0 Å². The molecule has 0 aliphatic carbocycles. The van der Waals surface area contributed by atoms with Gasteiger partial charge in [0.25, 0.3) is 0 Å². The van der Waals surface area contributed by atoms with Gasteiger partial charge in [-0.25, -0.2) is 9.59 Å². The van der Waals surface area contributed by atoms with E-state index in [0.717, 1.165) is 9.40 Å². The third-order valence-corrected chi connectivity index (χ3v) is 4.23. The van der Waals surface area contributed by atoms with Gasteiger partial charge in [0.15, 0.2) is 0 Å². The Bertz CT molecular complexity index is 475. The molecule has 0 saturated carbocycles. The van der Waals surface area contributed by atoms with Crippen molar-refractivity contribution in [2.75, 3.05) is 14.2 Å². The Morgan fingerprint density at radius 1 is 0.938 bits per heavy atom. The van der Waals surface area contributed by atoms with E-state index in [0.29, 0.717) is 9.75 Å². The van der Waals surface area contributed by atoms with E-state index in [1.54, 1.807) is 12.1 Å². The molecule has 2 aromatic heterocycles. The summed E-state index contributed by atoms with van der Waals surface area (Å²) < 4.78 is 11.0. The van der Waals surface area contributed by atoms with Crippen molar-refractivity contribution in [1.29, 1.82) is 0 Å². The highest BCUT2D eigenvalue weighted by molar-refractivity contribution is 7.29. The molecule has 2 rings (SSSR count). The Balaban J connectivity index is 2.40. The van der Waals surface area contributed by atoms with E-state index in [1.165, 1.54) is 36.9 Å². The molecule has 0 bridgehead atoms. The number of methoxy groups -OCH3 is 2. The first-order chi connectivity index (χ1) is 7.65. The van der Waals surface area contributed by atoms with Crippen LogP contribution in [0.1, 0.15) is 19.3 Å².